The van der Waals surface area contributed by atoms with Crippen LogP contribution in [0.5, 0.6) is 5.75 Å². The van der Waals surface area contributed by atoms with Gasteiger partial charge in [0.2, 0.25) is 0 Å². The third-order valence-corrected chi connectivity index (χ3v) is 6.37. The minimum absolute atomic E-state index is 0.184. The van der Waals surface area contributed by atoms with Crippen molar-refractivity contribution in [2.24, 2.45) is 0 Å². The number of imide groups is 2. The number of benzene rings is 4. The number of nitrogens with one attached hydrogen (secondary N) is 1. The summed E-state index contributed by atoms with van der Waals surface area (Å²) >= 11 is 12.2. The molecule has 0 bridgehead atoms. The molecule has 4 aromatic carbocycles. The van der Waals surface area contributed by atoms with E-state index in [-0.39, 0.29) is 17.9 Å². The summed E-state index contributed by atoms with van der Waals surface area (Å²) in [4.78, 5) is 39.6. The van der Waals surface area contributed by atoms with E-state index in [9.17, 15) is 14.4 Å². The van der Waals surface area contributed by atoms with E-state index in [0.29, 0.717) is 21.4 Å². The van der Waals surface area contributed by atoms with Crippen molar-refractivity contribution in [1.29, 1.82) is 0 Å². The quantitative estimate of drug-likeness (QED) is 0.246. The predicted octanol–water partition coefficient (Wildman–Crippen LogP) is 6.39. The monoisotopic (exact) mass is 516 g/mol. The first-order valence-corrected chi connectivity index (χ1v) is 11.7. The molecule has 1 aliphatic rings. The fraction of sp³-hybridized carbons (Fsp3) is 0.0357. The van der Waals surface area contributed by atoms with Crippen molar-refractivity contribution in [2.45, 2.75) is 6.61 Å². The number of anilines is 1. The van der Waals surface area contributed by atoms with Crippen LogP contribution >= 0.6 is 23.2 Å². The number of nitrogens with zero attached hydrogens (tertiary/aromatic N) is 1. The molecular formula is C28H18Cl2N2O4. The third-order valence-electron chi connectivity index (χ3n) is 5.75. The van der Waals surface area contributed by atoms with E-state index in [4.69, 9.17) is 27.9 Å². The maximum absolute atomic E-state index is 13.4. The van der Waals surface area contributed by atoms with Crippen LogP contribution in [0.4, 0.5) is 10.5 Å². The van der Waals surface area contributed by atoms with Gasteiger partial charge in [-0.15, -0.1) is 0 Å². The van der Waals surface area contributed by atoms with E-state index in [2.05, 4.69) is 5.32 Å². The van der Waals surface area contributed by atoms with E-state index < -0.39 is 17.8 Å². The molecule has 8 heteroatoms. The first-order chi connectivity index (χ1) is 17.4. The molecule has 1 fully saturated rings. The average molecular weight is 517 g/mol. The Morgan fingerprint density at radius 1 is 0.833 bits per heavy atom. The van der Waals surface area contributed by atoms with Gasteiger partial charge >= 0.3 is 6.03 Å². The zero-order valence-electron chi connectivity index (χ0n) is 18.7. The number of barbiturate groups is 1. The minimum Gasteiger partial charge on any atom is -0.488 e. The molecule has 0 unspecified atom stereocenters. The molecule has 5 rings (SSSR count). The van der Waals surface area contributed by atoms with Crippen molar-refractivity contribution in [3.8, 4) is 5.75 Å². The van der Waals surface area contributed by atoms with Crippen LogP contribution in [-0.2, 0) is 16.2 Å². The molecule has 4 amide bonds. The number of fused-ring (bicyclic) bond motifs is 1. The Bertz CT molecular complexity index is 1550. The molecule has 4 aromatic rings. The fourth-order valence-corrected chi connectivity index (χ4v) is 4.26. The Kier molecular flexibility index (Phi) is 6.46. The largest absolute Gasteiger partial charge is 0.488 e. The predicted molar refractivity (Wildman–Crippen MR) is 140 cm³/mol. The van der Waals surface area contributed by atoms with Crippen LogP contribution in [-0.4, -0.2) is 17.8 Å². The molecular weight excluding hydrogens is 499 g/mol. The van der Waals surface area contributed by atoms with Crippen LogP contribution < -0.4 is 15.0 Å². The molecule has 0 aliphatic carbocycles. The maximum Gasteiger partial charge on any atom is 0.335 e. The molecule has 1 N–H and O–H groups in total. The van der Waals surface area contributed by atoms with Crippen molar-refractivity contribution in [1.82, 2.24) is 5.32 Å². The summed E-state index contributed by atoms with van der Waals surface area (Å²) in [5, 5.41) is 4.93. The van der Waals surface area contributed by atoms with Gasteiger partial charge in [-0.1, -0.05) is 71.7 Å². The van der Waals surface area contributed by atoms with Crippen molar-refractivity contribution < 1.29 is 19.1 Å². The van der Waals surface area contributed by atoms with Gasteiger partial charge in [-0.25, -0.2) is 9.69 Å². The molecule has 6 nitrogen and oxygen atoms in total. The van der Waals surface area contributed by atoms with E-state index >= 15 is 0 Å². The lowest BCUT2D eigenvalue weighted by molar-refractivity contribution is -0.122. The van der Waals surface area contributed by atoms with Crippen molar-refractivity contribution >= 4 is 63.6 Å². The summed E-state index contributed by atoms with van der Waals surface area (Å²) in [7, 11) is 0. The van der Waals surface area contributed by atoms with Crippen molar-refractivity contribution in [3.63, 3.8) is 0 Å². The number of hydrogen-bond acceptors (Lipinski definition) is 4. The van der Waals surface area contributed by atoms with Crippen molar-refractivity contribution in [3.05, 3.63) is 112 Å². The van der Waals surface area contributed by atoms with Crippen LogP contribution in [0.15, 0.2) is 90.5 Å². The highest BCUT2D eigenvalue weighted by molar-refractivity contribution is 6.39. The van der Waals surface area contributed by atoms with Crippen LogP contribution in [0, 0.1) is 0 Å². The van der Waals surface area contributed by atoms with Gasteiger partial charge in [0.1, 0.15) is 17.9 Å². The first-order valence-electron chi connectivity index (χ1n) is 11.0. The van der Waals surface area contributed by atoms with Crippen LogP contribution in [0.25, 0.3) is 16.8 Å². The summed E-state index contributed by atoms with van der Waals surface area (Å²) < 4.78 is 6.10. The van der Waals surface area contributed by atoms with Gasteiger partial charge in [0, 0.05) is 21.2 Å². The van der Waals surface area contributed by atoms with Gasteiger partial charge in [-0.3, -0.25) is 14.9 Å². The molecule has 0 radical (unpaired) electrons. The Labute approximate surface area is 216 Å². The third kappa shape index (κ3) is 4.56. The lowest BCUT2D eigenvalue weighted by Gasteiger charge is -2.26. The van der Waals surface area contributed by atoms with Crippen molar-refractivity contribution in [2.75, 3.05) is 4.90 Å². The number of rotatable bonds is 5. The SMILES string of the molecule is O=C1NC(=O)N(c2ccc(Cl)cc2)C(=O)/C1=C/c1c(OCc2ccccc2Cl)ccc2ccccc12. The number of urea groups is 1. The van der Waals surface area contributed by atoms with Gasteiger partial charge in [0.15, 0.2) is 0 Å². The normalized spacial score (nSPS) is 14.9. The smallest absolute Gasteiger partial charge is 0.335 e. The van der Waals surface area contributed by atoms with E-state index in [1.165, 1.54) is 18.2 Å². The second-order valence-corrected chi connectivity index (χ2v) is 8.86. The Morgan fingerprint density at radius 3 is 2.33 bits per heavy atom. The highest BCUT2D eigenvalue weighted by Crippen LogP contribution is 2.33. The van der Waals surface area contributed by atoms with Gasteiger partial charge in [0.25, 0.3) is 11.8 Å². The number of ether oxygens (including phenoxy) is 1. The molecule has 1 heterocycles. The van der Waals surface area contributed by atoms with Crippen LogP contribution in [0.3, 0.4) is 0 Å². The molecule has 36 heavy (non-hydrogen) atoms. The van der Waals surface area contributed by atoms with Crippen LogP contribution in [0.2, 0.25) is 10.0 Å². The van der Waals surface area contributed by atoms with Gasteiger partial charge < -0.3 is 4.74 Å². The summed E-state index contributed by atoms with van der Waals surface area (Å²) in [5.41, 5.74) is 1.40. The molecule has 0 saturated carbocycles. The highest BCUT2D eigenvalue weighted by atomic mass is 35.5. The number of halogens is 2. The summed E-state index contributed by atoms with van der Waals surface area (Å²) in [5.74, 6) is -1.09. The Morgan fingerprint density at radius 2 is 1.56 bits per heavy atom. The lowest BCUT2D eigenvalue weighted by atomic mass is 9.99. The number of carbonyl (C=O) groups is 3. The number of carbonyl (C=O) groups excluding carboxylic acids is 3. The second-order valence-electron chi connectivity index (χ2n) is 8.01. The topological polar surface area (TPSA) is 75.7 Å². The molecule has 0 atom stereocenters. The van der Waals surface area contributed by atoms with E-state index in [1.54, 1.807) is 24.3 Å². The Balaban J connectivity index is 1.59. The highest BCUT2D eigenvalue weighted by Gasteiger charge is 2.37. The maximum atomic E-state index is 13.4. The summed E-state index contributed by atoms with van der Waals surface area (Å²) in [6.45, 7) is 0.184. The number of hydrogen-bond donors (Lipinski definition) is 1. The van der Waals surface area contributed by atoms with Crippen LogP contribution in [0.1, 0.15) is 11.1 Å². The first kappa shape index (κ1) is 23.6. The zero-order chi connectivity index (χ0) is 25.2. The molecule has 1 aliphatic heterocycles. The number of amides is 4. The minimum atomic E-state index is -0.836. The van der Waals surface area contributed by atoms with Gasteiger partial charge in [0.05, 0.1) is 5.69 Å². The van der Waals surface area contributed by atoms with Gasteiger partial charge in [-0.05, 0) is 53.2 Å². The fourth-order valence-electron chi connectivity index (χ4n) is 3.95. The average Bonchev–Trinajstić information content (AvgIpc) is 2.87. The zero-order valence-corrected chi connectivity index (χ0v) is 20.2. The second kappa shape index (κ2) is 9.85. The van der Waals surface area contributed by atoms with E-state index in [1.807, 2.05) is 48.5 Å². The molecule has 0 spiro atoms. The standard InChI is InChI=1S/C28H18Cl2N2O4/c29-19-10-12-20(13-11-19)32-27(34)23(26(33)31-28(32)35)15-22-21-7-3-1-5-17(21)9-14-25(22)36-16-18-6-2-4-8-24(18)30/h1-15H,16H2,(H,31,33,35)/b23-15+. The summed E-state index contributed by atoms with van der Waals surface area (Å²) in [6.07, 6.45) is 1.46. The lowest BCUT2D eigenvalue weighted by Crippen LogP contribution is -2.54. The van der Waals surface area contributed by atoms with Gasteiger partial charge in [-0.2, -0.15) is 0 Å². The Hall–Kier alpha value is -4.13. The van der Waals surface area contributed by atoms with E-state index in [0.717, 1.165) is 21.2 Å². The molecule has 178 valence electrons. The summed E-state index contributed by atoms with van der Waals surface area (Å²) in [6, 6.07) is 23.9. The molecule has 0 aromatic heterocycles. The molecule has 1 saturated heterocycles.